The molecule has 0 aliphatic carbocycles. The molecule has 5 heteroatoms. The zero-order chi connectivity index (χ0) is 14.1. The molecule has 1 rings (SSSR count). The van der Waals surface area contributed by atoms with Gasteiger partial charge < -0.3 is 0 Å². The number of H-pyrrole nitrogens is 1. The highest BCUT2D eigenvalue weighted by atomic mass is 16.2. The first-order chi connectivity index (χ1) is 8.05. The number of carbonyl (C=O) groups is 1. The molecule has 0 radical (unpaired) electrons. The molecule has 0 spiro atoms. The molecular formula is C8H12N3O2+. The molecule has 0 aromatic carbocycles. The van der Waals surface area contributed by atoms with E-state index in [1.54, 1.807) is 0 Å². The molecular weight excluding hydrogens is 170 g/mol. The van der Waals surface area contributed by atoms with Gasteiger partial charge in [0.2, 0.25) is 11.7 Å². The van der Waals surface area contributed by atoms with Crippen LogP contribution in [0.15, 0.2) is 17.1 Å². The number of nitrogens with one attached hydrogen (secondary N) is 2. The van der Waals surface area contributed by atoms with Crippen LogP contribution in [0.25, 0.3) is 0 Å². The average Bonchev–Trinajstić information content (AvgIpc) is 2.21. The third kappa shape index (κ3) is 2.40. The lowest BCUT2D eigenvalue weighted by Crippen LogP contribution is -2.47. The quantitative estimate of drug-likeness (QED) is 0.616. The normalized spacial score (nSPS) is 17.5. The predicted octanol–water partition coefficient (Wildman–Crippen LogP) is -0.452. The molecule has 0 atom stereocenters. The minimum Gasteiger partial charge on any atom is -0.293 e. The first-order valence-electron chi connectivity index (χ1n) is 5.96. The van der Waals surface area contributed by atoms with Gasteiger partial charge in [-0.1, -0.05) is 6.85 Å². The summed E-state index contributed by atoms with van der Waals surface area (Å²) in [5, 5.41) is 2.01. The van der Waals surface area contributed by atoms with Crippen molar-refractivity contribution in [3.63, 3.8) is 0 Å². The summed E-state index contributed by atoms with van der Waals surface area (Å²) in [4.78, 5) is 25.0. The minimum atomic E-state index is -3.09. The second kappa shape index (κ2) is 3.84. The van der Waals surface area contributed by atoms with Gasteiger partial charge in [0.15, 0.2) is 0 Å². The number of hydrogen-bond donors (Lipinski definition) is 2. The molecule has 13 heavy (non-hydrogen) atoms. The maximum Gasteiger partial charge on any atom is 0.497 e. The van der Waals surface area contributed by atoms with E-state index in [1.807, 2.05) is 5.32 Å². The molecule has 1 aromatic heterocycles. The van der Waals surface area contributed by atoms with Crippen molar-refractivity contribution in [1.29, 1.82) is 0 Å². The van der Waals surface area contributed by atoms with E-state index in [1.165, 1.54) is 23.9 Å². The van der Waals surface area contributed by atoms with E-state index in [4.69, 9.17) is 6.85 Å². The van der Waals surface area contributed by atoms with E-state index in [0.29, 0.717) is 0 Å². The fourth-order valence-corrected chi connectivity index (χ4v) is 0.726. The zero-order valence-corrected chi connectivity index (χ0v) is 6.92. The van der Waals surface area contributed by atoms with Gasteiger partial charge in [-0.2, -0.15) is 9.78 Å². The Morgan fingerprint density at radius 1 is 1.92 bits per heavy atom. The van der Waals surface area contributed by atoms with Crippen molar-refractivity contribution in [3.05, 3.63) is 22.7 Å². The standard InChI is InChI=1S/C8H11N3O2/c1-3-7(12)9-6-4-5-11(2)8(13)10-6/h4-5H,3H2,1-2H3,(H,9,10,12,13)/p+1/i1D3,3D2. The van der Waals surface area contributed by atoms with Crippen LogP contribution in [0.3, 0.4) is 0 Å². The second-order valence-corrected chi connectivity index (χ2v) is 2.35. The van der Waals surface area contributed by atoms with Crippen molar-refractivity contribution in [2.24, 2.45) is 7.05 Å². The molecule has 0 aliphatic heterocycles. The highest BCUT2D eigenvalue weighted by Crippen LogP contribution is 1.95. The highest BCUT2D eigenvalue weighted by molar-refractivity contribution is 5.89. The van der Waals surface area contributed by atoms with Gasteiger partial charge in [-0.25, -0.2) is 4.57 Å². The minimum absolute atomic E-state index is 0.0729. The lowest BCUT2D eigenvalue weighted by Gasteiger charge is -1.97. The van der Waals surface area contributed by atoms with Crippen LogP contribution in [0.2, 0.25) is 0 Å². The monoisotopic (exact) mass is 187 g/mol. The van der Waals surface area contributed by atoms with Crippen LogP contribution in [-0.2, 0) is 11.8 Å². The van der Waals surface area contributed by atoms with Gasteiger partial charge in [0.1, 0.15) is 0 Å². The number of amides is 1. The summed E-state index contributed by atoms with van der Waals surface area (Å²) in [6, 6.07) is 1.31. The molecule has 0 saturated heterocycles. The molecule has 0 bridgehead atoms. The number of rotatable bonds is 2. The van der Waals surface area contributed by atoms with Gasteiger partial charge in [0.25, 0.3) is 0 Å². The summed E-state index contributed by atoms with van der Waals surface area (Å²) < 4.78 is 36.4. The van der Waals surface area contributed by atoms with Crippen molar-refractivity contribution < 1.29 is 16.2 Å². The Labute approximate surface area is 82.4 Å². The number of aromatic nitrogens is 2. The number of hydrogen-bond acceptors (Lipinski definition) is 2. The molecule has 0 saturated carbocycles. The Morgan fingerprint density at radius 2 is 2.69 bits per heavy atom. The Hall–Kier alpha value is -1.65. The van der Waals surface area contributed by atoms with Gasteiger partial charge in [-0.05, 0) is 0 Å². The average molecular weight is 187 g/mol. The fraction of sp³-hybridized carbons (Fsp3) is 0.375. The van der Waals surface area contributed by atoms with Crippen molar-refractivity contribution in [2.45, 2.75) is 13.2 Å². The fourth-order valence-electron chi connectivity index (χ4n) is 0.726. The summed E-state index contributed by atoms with van der Waals surface area (Å²) in [6.07, 6.45) is -1.69. The van der Waals surface area contributed by atoms with Crippen LogP contribution in [-0.4, -0.2) is 10.9 Å². The molecule has 0 aliphatic rings. The van der Waals surface area contributed by atoms with Crippen molar-refractivity contribution in [2.75, 3.05) is 5.32 Å². The largest absolute Gasteiger partial charge is 0.497 e. The maximum atomic E-state index is 11.5. The van der Waals surface area contributed by atoms with Gasteiger partial charge in [0.05, 0.1) is 13.2 Å². The third-order valence-electron chi connectivity index (χ3n) is 1.39. The van der Waals surface area contributed by atoms with Crippen LogP contribution < -0.4 is 15.6 Å². The van der Waals surface area contributed by atoms with E-state index in [-0.39, 0.29) is 5.82 Å². The number of aryl methyl sites for hydroxylation is 1. The summed E-state index contributed by atoms with van der Waals surface area (Å²) in [5.41, 5.74) is -0.526. The molecule has 0 fully saturated rings. The molecule has 2 N–H and O–H groups in total. The molecule has 1 heterocycles. The lowest BCUT2D eigenvalue weighted by atomic mass is 10.4. The second-order valence-electron chi connectivity index (χ2n) is 2.35. The Balaban J connectivity index is 2.95. The third-order valence-corrected chi connectivity index (χ3v) is 1.39. The van der Waals surface area contributed by atoms with Crippen LogP contribution in [0.4, 0.5) is 5.82 Å². The number of aromatic amines is 1. The van der Waals surface area contributed by atoms with Gasteiger partial charge >= 0.3 is 5.69 Å². The van der Waals surface area contributed by atoms with E-state index in [9.17, 15) is 9.59 Å². The first-order valence-corrected chi connectivity index (χ1v) is 3.46. The Kier molecular flexibility index (Phi) is 1.34. The van der Waals surface area contributed by atoms with E-state index < -0.39 is 24.8 Å². The Bertz CT molecular complexity index is 522. The van der Waals surface area contributed by atoms with E-state index >= 15 is 0 Å². The maximum absolute atomic E-state index is 11.5. The van der Waals surface area contributed by atoms with Crippen LogP contribution in [0, 0.1) is 0 Å². The molecule has 70 valence electrons. The molecule has 0 unspecified atom stereocenters. The molecule has 5 nitrogen and oxygen atoms in total. The molecule has 1 aromatic rings. The topological polar surface area (TPSA) is 65.8 Å². The van der Waals surface area contributed by atoms with Crippen molar-refractivity contribution >= 4 is 11.7 Å². The van der Waals surface area contributed by atoms with E-state index in [0.717, 1.165) is 0 Å². The van der Waals surface area contributed by atoms with Crippen molar-refractivity contribution in [3.8, 4) is 0 Å². The predicted molar refractivity (Wildman–Crippen MR) is 47.2 cm³/mol. The SMILES string of the molecule is [2H]C([2H])([2H])C([2H])([2H])C(=O)Nc1cc[n+](C)c(=O)[nH]1. The highest BCUT2D eigenvalue weighted by Gasteiger charge is 2.05. The summed E-state index contributed by atoms with van der Waals surface area (Å²) in [7, 11) is 1.48. The van der Waals surface area contributed by atoms with Crippen LogP contribution in [0.5, 0.6) is 0 Å². The number of nitrogens with zero attached hydrogens (tertiary/aromatic N) is 1. The van der Waals surface area contributed by atoms with Gasteiger partial charge in [0, 0.05) is 19.3 Å². The van der Waals surface area contributed by atoms with Crippen molar-refractivity contribution in [1.82, 2.24) is 4.98 Å². The van der Waals surface area contributed by atoms with Crippen LogP contribution >= 0.6 is 0 Å². The van der Waals surface area contributed by atoms with Crippen LogP contribution in [0.1, 0.15) is 20.1 Å². The summed E-state index contributed by atoms with van der Waals surface area (Å²) in [6.45, 7) is -3.09. The van der Waals surface area contributed by atoms with Gasteiger partial charge in [-0.15, -0.1) is 0 Å². The smallest absolute Gasteiger partial charge is 0.293 e. The zero-order valence-electron chi connectivity index (χ0n) is 11.9. The lowest BCUT2D eigenvalue weighted by molar-refractivity contribution is -0.689. The summed E-state index contributed by atoms with van der Waals surface area (Å²) in [5.74, 6) is -1.41. The van der Waals surface area contributed by atoms with E-state index in [2.05, 4.69) is 4.98 Å². The van der Waals surface area contributed by atoms with Gasteiger partial charge in [-0.3, -0.25) is 10.1 Å². The Morgan fingerprint density at radius 3 is 3.31 bits per heavy atom. The number of anilines is 1. The first kappa shape index (κ1) is 4.55. The summed E-state index contributed by atoms with van der Waals surface area (Å²) >= 11 is 0. The number of carbonyl (C=O) groups excluding carboxylic acids is 1. The molecule has 1 amide bonds.